The van der Waals surface area contributed by atoms with E-state index >= 15 is 0 Å². The molecule has 0 bridgehead atoms. The highest BCUT2D eigenvalue weighted by Gasteiger charge is 2.06. The fourth-order valence-electron chi connectivity index (χ4n) is 1.68. The fraction of sp³-hybridized carbons (Fsp3) is 0.143. The van der Waals surface area contributed by atoms with Gasteiger partial charge in [-0.2, -0.15) is 0 Å². The fourth-order valence-corrected chi connectivity index (χ4v) is 1.68. The van der Waals surface area contributed by atoms with Gasteiger partial charge in [0.15, 0.2) is 0 Å². The summed E-state index contributed by atoms with van der Waals surface area (Å²) in [5.74, 6) is -0.600. The van der Waals surface area contributed by atoms with Gasteiger partial charge >= 0.3 is 0 Å². The van der Waals surface area contributed by atoms with Crippen LogP contribution in [0.4, 0.5) is 25.8 Å². The molecule has 2 aromatic carbocycles. The molecule has 0 saturated carbocycles. The molecule has 0 amide bonds. The molecule has 3 N–H and O–H groups in total. The van der Waals surface area contributed by atoms with E-state index in [1.54, 1.807) is 32.0 Å². The zero-order valence-electron chi connectivity index (χ0n) is 10.2. The molecule has 0 spiro atoms. The van der Waals surface area contributed by atoms with E-state index in [0.717, 1.165) is 0 Å². The average Bonchev–Trinajstić information content (AvgIpc) is 2.31. The second kappa shape index (κ2) is 4.64. The number of hydrogen-bond donors (Lipinski definition) is 2. The Morgan fingerprint density at radius 1 is 0.944 bits per heavy atom. The number of nitrogens with one attached hydrogen (secondary N) is 1. The zero-order chi connectivity index (χ0) is 13.3. The smallest absolute Gasteiger partial charge is 0.128 e. The van der Waals surface area contributed by atoms with Crippen molar-refractivity contribution >= 4 is 17.1 Å². The van der Waals surface area contributed by atoms with Crippen LogP contribution in [0.2, 0.25) is 0 Å². The minimum Gasteiger partial charge on any atom is -0.397 e. The maximum absolute atomic E-state index is 13.3. The minimum absolute atomic E-state index is 0.260. The Kier molecular flexibility index (Phi) is 3.19. The van der Waals surface area contributed by atoms with Crippen molar-refractivity contribution in [2.24, 2.45) is 0 Å². The molecular weight excluding hydrogens is 234 g/mol. The van der Waals surface area contributed by atoms with Gasteiger partial charge in [-0.3, -0.25) is 0 Å². The highest BCUT2D eigenvalue weighted by molar-refractivity contribution is 5.73. The topological polar surface area (TPSA) is 38.0 Å². The molecule has 0 saturated heterocycles. The summed E-state index contributed by atoms with van der Waals surface area (Å²) in [6, 6.07) is 7.57. The number of halogens is 2. The first-order chi connectivity index (χ1) is 8.47. The van der Waals surface area contributed by atoms with Crippen LogP contribution in [-0.4, -0.2) is 0 Å². The normalized spacial score (nSPS) is 10.4. The number of rotatable bonds is 2. The molecule has 0 unspecified atom stereocenters. The molecule has 0 heterocycles. The highest BCUT2D eigenvalue weighted by atomic mass is 19.1. The first-order valence-electron chi connectivity index (χ1n) is 5.56. The van der Waals surface area contributed by atoms with E-state index in [0.29, 0.717) is 28.2 Å². The molecule has 4 heteroatoms. The number of hydrogen-bond acceptors (Lipinski definition) is 2. The molecule has 0 radical (unpaired) electrons. The van der Waals surface area contributed by atoms with Crippen molar-refractivity contribution in [3.05, 3.63) is 53.1 Å². The summed E-state index contributed by atoms with van der Waals surface area (Å²) in [6.45, 7) is 3.34. The second-order valence-corrected chi connectivity index (χ2v) is 4.28. The molecule has 0 aliphatic rings. The van der Waals surface area contributed by atoms with Crippen LogP contribution in [0.3, 0.4) is 0 Å². The van der Waals surface area contributed by atoms with Crippen molar-refractivity contribution in [2.45, 2.75) is 13.8 Å². The summed E-state index contributed by atoms with van der Waals surface area (Å²) in [4.78, 5) is 0. The predicted octanol–water partition coefficient (Wildman–Crippen LogP) is 3.91. The first kappa shape index (κ1) is 12.4. The summed E-state index contributed by atoms with van der Waals surface area (Å²) in [5.41, 5.74) is 8.42. The maximum Gasteiger partial charge on any atom is 0.128 e. The Hall–Kier alpha value is -2.10. The molecule has 2 aromatic rings. The summed E-state index contributed by atoms with van der Waals surface area (Å²) < 4.78 is 26.4. The van der Waals surface area contributed by atoms with Gasteiger partial charge in [-0.15, -0.1) is 0 Å². The Morgan fingerprint density at radius 2 is 1.61 bits per heavy atom. The van der Waals surface area contributed by atoms with Crippen LogP contribution in [0.1, 0.15) is 11.1 Å². The monoisotopic (exact) mass is 248 g/mol. The molecule has 2 nitrogen and oxygen atoms in total. The van der Waals surface area contributed by atoms with Crippen molar-refractivity contribution in [3.63, 3.8) is 0 Å². The summed E-state index contributed by atoms with van der Waals surface area (Å²) in [6.07, 6.45) is 0. The quantitative estimate of drug-likeness (QED) is 0.791. The molecule has 0 aliphatic heterocycles. The lowest BCUT2D eigenvalue weighted by molar-refractivity contribution is 0.619. The maximum atomic E-state index is 13.3. The van der Waals surface area contributed by atoms with E-state index in [1.165, 1.54) is 12.1 Å². The van der Waals surface area contributed by atoms with Crippen LogP contribution in [-0.2, 0) is 0 Å². The Morgan fingerprint density at radius 3 is 2.28 bits per heavy atom. The number of benzene rings is 2. The molecule has 0 aromatic heterocycles. The molecule has 0 fully saturated rings. The lowest BCUT2D eigenvalue weighted by Crippen LogP contribution is -1.99. The van der Waals surface area contributed by atoms with Crippen LogP contribution in [0.15, 0.2) is 30.3 Å². The van der Waals surface area contributed by atoms with Gasteiger partial charge in [0.05, 0.1) is 11.4 Å². The van der Waals surface area contributed by atoms with Gasteiger partial charge in [-0.05, 0) is 55.3 Å². The molecule has 0 aliphatic carbocycles. The Bertz CT molecular complexity index is 595. The summed E-state index contributed by atoms with van der Waals surface area (Å²) in [5, 5.41) is 3.05. The zero-order valence-corrected chi connectivity index (χ0v) is 10.2. The lowest BCUT2D eigenvalue weighted by atomic mass is 10.1. The van der Waals surface area contributed by atoms with E-state index in [2.05, 4.69) is 5.32 Å². The van der Waals surface area contributed by atoms with Gasteiger partial charge in [0.2, 0.25) is 0 Å². The second-order valence-electron chi connectivity index (χ2n) is 4.28. The highest BCUT2D eigenvalue weighted by Crippen LogP contribution is 2.26. The third kappa shape index (κ3) is 2.42. The van der Waals surface area contributed by atoms with Crippen molar-refractivity contribution in [1.82, 2.24) is 0 Å². The molecule has 94 valence electrons. The van der Waals surface area contributed by atoms with Crippen LogP contribution in [0.5, 0.6) is 0 Å². The van der Waals surface area contributed by atoms with Crippen LogP contribution >= 0.6 is 0 Å². The van der Waals surface area contributed by atoms with Crippen molar-refractivity contribution < 1.29 is 8.78 Å². The van der Waals surface area contributed by atoms with E-state index in [-0.39, 0.29) is 11.6 Å². The lowest BCUT2D eigenvalue weighted by Gasteiger charge is -2.11. The summed E-state index contributed by atoms with van der Waals surface area (Å²) in [7, 11) is 0. The van der Waals surface area contributed by atoms with Crippen molar-refractivity contribution in [3.8, 4) is 0 Å². The average molecular weight is 248 g/mol. The molecule has 0 atom stereocenters. The van der Waals surface area contributed by atoms with Crippen molar-refractivity contribution in [2.75, 3.05) is 11.1 Å². The minimum atomic E-state index is -0.340. The Balaban J connectivity index is 2.34. The molecule has 18 heavy (non-hydrogen) atoms. The predicted molar refractivity (Wildman–Crippen MR) is 70.0 cm³/mol. The van der Waals surface area contributed by atoms with E-state index in [9.17, 15) is 8.78 Å². The number of anilines is 3. The first-order valence-corrected chi connectivity index (χ1v) is 5.56. The number of nitrogen functional groups attached to an aromatic ring is 1. The SMILES string of the molecule is Cc1cc(Nc2cc(C)c(F)cc2N)ccc1F. The molecule has 2 rings (SSSR count). The summed E-state index contributed by atoms with van der Waals surface area (Å²) >= 11 is 0. The van der Waals surface area contributed by atoms with Gasteiger partial charge in [-0.25, -0.2) is 8.78 Å². The van der Waals surface area contributed by atoms with Gasteiger partial charge in [0.1, 0.15) is 11.6 Å². The third-order valence-corrected chi connectivity index (χ3v) is 2.77. The molecular formula is C14H14F2N2. The number of nitrogens with two attached hydrogens (primary N) is 1. The van der Waals surface area contributed by atoms with Gasteiger partial charge in [0, 0.05) is 5.69 Å². The van der Waals surface area contributed by atoms with Crippen LogP contribution < -0.4 is 11.1 Å². The van der Waals surface area contributed by atoms with Crippen LogP contribution in [0.25, 0.3) is 0 Å². The number of aryl methyl sites for hydroxylation is 2. The Labute approximate surface area is 104 Å². The van der Waals surface area contributed by atoms with Gasteiger partial charge in [0.25, 0.3) is 0 Å². The van der Waals surface area contributed by atoms with Gasteiger partial charge in [-0.1, -0.05) is 0 Å². The van der Waals surface area contributed by atoms with E-state index < -0.39 is 0 Å². The largest absolute Gasteiger partial charge is 0.397 e. The van der Waals surface area contributed by atoms with Crippen molar-refractivity contribution in [1.29, 1.82) is 0 Å². The van der Waals surface area contributed by atoms with Gasteiger partial charge < -0.3 is 11.1 Å². The van der Waals surface area contributed by atoms with E-state index in [4.69, 9.17) is 5.73 Å². The standard InChI is InChI=1S/C14H14F2N2/c1-8-5-10(3-4-11(8)15)18-14-6-9(2)12(16)7-13(14)17/h3-7,18H,17H2,1-2H3. The van der Waals surface area contributed by atoms with E-state index in [1.807, 2.05) is 0 Å². The third-order valence-electron chi connectivity index (χ3n) is 2.77. The van der Waals surface area contributed by atoms with Crippen LogP contribution in [0, 0.1) is 25.5 Å².